The summed E-state index contributed by atoms with van der Waals surface area (Å²) in [6.45, 7) is 5.78. The number of nitrogens with zero attached hydrogens (tertiary/aromatic N) is 1. The van der Waals surface area contributed by atoms with Gasteiger partial charge in [-0.25, -0.2) is 8.78 Å². The summed E-state index contributed by atoms with van der Waals surface area (Å²) in [5, 5.41) is 3.79. The van der Waals surface area contributed by atoms with Gasteiger partial charge in [-0.2, -0.15) is 0 Å². The van der Waals surface area contributed by atoms with E-state index in [4.69, 9.17) is 11.6 Å². The first-order chi connectivity index (χ1) is 9.94. The first-order valence-electron chi connectivity index (χ1n) is 7.61. The summed E-state index contributed by atoms with van der Waals surface area (Å²) in [4.78, 5) is 2.03. The molecule has 1 saturated carbocycles. The minimum atomic E-state index is -0.630. The molecule has 1 N–H and O–H groups in total. The van der Waals surface area contributed by atoms with E-state index in [1.54, 1.807) is 0 Å². The lowest BCUT2D eigenvalue weighted by Gasteiger charge is -2.48. The molecule has 0 aromatic heterocycles. The molecule has 0 spiro atoms. The van der Waals surface area contributed by atoms with E-state index in [2.05, 4.69) is 19.2 Å². The zero-order valence-electron chi connectivity index (χ0n) is 12.4. The highest BCUT2D eigenvalue weighted by molar-refractivity contribution is 6.33. The number of hydrogen-bond donors (Lipinski definition) is 1. The lowest BCUT2D eigenvalue weighted by atomic mass is 9.90. The van der Waals surface area contributed by atoms with Gasteiger partial charge in [-0.15, -0.1) is 0 Å². The number of hydrogen-bond acceptors (Lipinski definition) is 2. The molecule has 0 bridgehead atoms. The maximum Gasteiger partial charge on any atom is 0.150 e. The molecule has 1 aliphatic carbocycles. The number of anilines is 1. The van der Waals surface area contributed by atoms with Crippen molar-refractivity contribution in [2.75, 3.05) is 18.0 Å². The van der Waals surface area contributed by atoms with Gasteiger partial charge in [0.25, 0.3) is 0 Å². The lowest BCUT2D eigenvalue weighted by molar-refractivity contribution is 0.251. The highest BCUT2D eigenvalue weighted by Gasteiger charge is 2.46. The smallest absolute Gasteiger partial charge is 0.150 e. The molecule has 1 saturated heterocycles. The van der Waals surface area contributed by atoms with Crippen LogP contribution in [0.4, 0.5) is 14.5 Å². The molecule has 1 aromatic rings. The highest BCUT2D eigenvalue weighted by Crippen LogP contribution is 2.43. The Kier molecular flexibility index (Phi) is 3.87. The molecule has 2 fully saturated rings. The summed E-state index contributed by atoms with van der Waals surface area (Å²) in [6.07, 6.45) is 3.32. The van der Waals surface area contributed by atoms with Crippen molar-refractivity contribution in [1.82, 2.24) is 5.32 Å². The van der Waals surface area contributed by atoms with Crippen LogP contribution in [0.1, 0.15) is 33.1 Å². The van der Waals surface area contributed by atoms with Crippen LogP contribution in [-0.2, 0) is 0 Å². The molecule has 5 heteroatoms. The van der Waals surface area contributed by atoms with Gasteiger partial charge in [-0.05, 0) is 38.2 Å². The summed E-state index contributed by atoms with van der Waals surface area (Å²) in [5.74, 6) is -0.562. The first-order valence-corrected chi connectivity index (χ1v) is 7.98. The molecular weight excluding hydrogens is 294 g/mol. The number of rotatable bonds is 3. The van der Waals surface area contributed by atoms with Crippen LogP contribution in [0.15, 0.2) is 12.1 Å². The Morgan fingerprint density at radius 2 is 2.10 bits per heavy atom. The normalized spacial score (nSPS) is 29.8. The second-order valence-corrected chi connectivity index (χ2v) is 6.89. The predicted octanol–water partition coefficient (Wildman–Crippen LogP) is 3.98. The Morgan fingerprint density at radius 1 is 1.38 bits per heavy atom. The maximum absolute atomic E-state index is 14.3. The largest absolute Gasteiger partial charge is 0.362 e. The Labute approximate surface area is 129 Å². The van der Waals surface area contributed by atoms with Gasteiger partial charge in [0.2, 0.25) is 0 Å². The lowest BCUT2D eigenvalue weighted by Crippen LogP contribution is -2.64. The van der Waals surface area contributed by atoms with Crippen LogP contribution in [0.25, 0.3) is 0 Å². The van der Waals surface area contributed by atoms with Gasteiger partial charge in [-0.3, -0.25) is 0 Å². The molecule has 3 rings (SSSR count). The molecular formula is C16H21ClF2N2. The third kappa shape index (κ3) is 2.76. The third-order valence-electron chi connectivity index (χ3n) is 4.90. The molecule has 2 unspecified atom stereocenters. The topological polar surface area (TPSA) is 15.3 Å². The van der Waals surface area contributed by atoms with E-state index in [-0.39, 0.29) is 16.6 Å². The van der Waals surface area contributed by atoms with E-state index in [0.29, 0.717) is 18.2 Å². The summed E-state index contributed by atoms with van der Waals surface area (Å²) >= 11 is 6.14. The maximum atomic E-state index is 14.3. The SMILES string of the molecule is CCC1CNC(C)(C2CC2)CN1c1c(F)cc(F)cc1Cl. The Bertz CT molecular complexity index is 524. The fourth-order valence-corrected chi connectivity index (χ4v) is 3.73. The fraction of sp³-hybridized carbons (Fsp3) is 0.625. The van der Waals surface area contributed by atoms with Gasteiger partial charge < -0.3 is 10.2 Å². The van der Waals surface area contributed by atoms with Gasteiger partial charge in [0.05, 0.1) is 10.7 Å². The van der Waals surface area contributed by atoms with Crippen molar-refractivity contribution in [2.45, 2.75) is 44.7 Å². The summed E-state index contributed by atoms with van der Waals surface area (Å²) in [5.41, 5.74) is 0.328. The van der Waals surface area contributed by atoms with Crippen LogP contribution in [0.2, 0.25) is 5.02 Å². The number of benzene rings is 1. The van der Waals surface area contributed by atoms with E-state index in [9.17, 15) is 8.78 Å². The summed E-state index contributed by atoms with van der Waals surface area (Å²) < 4.78 is 27.6. The van der Waals surface area contributed by atoms with Crippen molar-refractivity contribution in [3.8, 4) is 0 Å². The van der Waals surface area contributed by atoms with Gasteiger partial charge in [0.1, 0.15) is 5.82 Å². The van der Waals surface area contributed by atoms with Gasteiger partial charge in [0, 0.05) is 30.7 Å². The zero-order valence-corrected chi connectivity index (χ0v) is 13.2. The van der Waals surface area contributed by atoms with Crippen LogP contribution in [0, 0.1) is 17.6 Å². The zero-order chi connectivity index (χ0) is 15.2. The molecule has 1 heterocycles. The van der Waals surface area contributed by atoms with Crippen molar-refractivity contribution in [3.63, 3.8) is 0 Å². The van der Waals surface area contributed by atoms with Crippen molar-refractivity contribution in [2.24, 2.45) is 5.92 Å². The molecule has 116 valence electrons. The molecule has 21 heavy (non-hydrogen) atoms. The summed E-state index contributed by atoms with van der Waals surface area (Å²) in [6, 6.07) is 2.29. The van der Waals surface area contributed by atoms with E-state index in [1.807, 2.05) is 4.90 Å². The fourth-order valence-electron chi connectivity index (χ4n) is 3.43. The minimum Gasteiger partial charge on any atom is -0.362 e. The molecule has 1 aromatic carbocycles. The van der Waals surface area contributed by atoms with Crippen molar-refractivity contribution < 1.29 is 8.78 Å². The van der Waals surface area contributed by atoms with E-state index >= 15 is 0 Å². The number of piperazine rings is 1. The quantitative estimate of drug-likeness (QED) is 0.908. The molecule has 2 nitrogen and oxygen atoms in total. The van der Waals surface area contributed by atoms with Crippen molar-refractivity contribution >= 4 is 17.3 Å². The van der Waals surface area contributed by atoms with E-state index in [1.165, 1.54) is 18.9 Å². The number of nitrogens with one attached hydrogen (secondary N) is 1. The minimum absolute atomic E-state index is 0.0180. The van der Waals surface area contributed by atoms with Gasteiger partial charge in [-0.1, -0.05) is 18.5 Å². The standard InChI is InChI=1S/C16H21ClF2N2/c1-3-12-8-20-16(2,10-4-5-10)9-21(12)15-13(17)6-11(18)7-14(15)19/h6-7,10,12,20H,3-5,8-9H2,1-2H3. The number of halogens is 3. The second kappa shape index (κ2) is 5.40. The van der Waals surface area contributed by atoms with Gasteiger partial charge >= 0.3 is 0 Å². The van der Waals surface area contributed by atoms with Crippen molar-refractivity contribution in [3.05, 3.63) is 28.8 Å². The average molecular weight is 315 g/mol. The molecule has 1 aliphatic heterocycles. The highest BCUT2D eigenvalue weighted by atomic mass is 35.5. The van der Waals surface area contributed by atoms with Crippen LogP contribution in [0.5, 0.6) is 0 Å². The van der Waals surface area contributed by atoms with Gasteiger partial charge in [0.15, 0.2) is 5.82 Å². The van der Waals surface area contributed by atoms with E-state index < -0.39 is 11.6 Å². The molecule has 2 atom stereocenters. The summed E-state index contributed by atoms with van der Waals surface area (Å²) in [7, 11) is 0. The molecule has 2 aliphatic rings. The molecule has 0 radical (unpaired) electrons. The Hall–Kier alpha value is -0.870. The predicted molar refractivity (Wildman–Crippen MR) is 81.9 cm³/mol. The third-order valence-corrected chi connectivity index (χ3v) is 5.19. The first kappa shape index (κ1) is 15.0. The van der Waals surface area contributed by atoms with Crippen molar-refractivity contribution in [1.29, 1.82) is 0 Å². The van der Waals surface area contributed by atoms with Crippen LogP contribution >= 0.6 is 11.6 Å². The van der Waals surface area contributed by atoms with Crippen LogP contribution < -0.4 is 10.2 Å². The van der Waals surface area contributed by atoms with Crippen LogP contribution in [-0.4, -0.2) is 24.7 Å². The van der Waals surface area contributed by atoms with Crippen LogP contribution in [0.3, 0.4) is 0 Å². The van der Waals surface area contributed by atoms with E-state index in [0.717, 1.165) is 19.0 Å². The molecule has 0 amide bonds. The second-order valence-electron chi connectivity index (χ2n) is 6.48. The Morgan fingerprint density at radius 3 is 2.67 bits per heavy atom. The Balaban J connectivity index is 1.96. The average Bonchev–Trinajstić information content (AvgIpc) is 3.22. The monoisotopic (exact) mass is 314 g/mol.